The second-order valence-electron chi connectivity index (χ2n) is 0.575. The van der Waals surface area contributed by atoms with Crippen molar-refractivity contribution in [3.8, 4) is 0 Å². The molecule has 11 heteroatoms. The third-order valence-corrected chi connectivity index (χ3v) is 0.167. The number of aliphatic carboxylic acids is 2. The number of carbonyl (C=O) groups excluding carboxylic acids is 2. The normalized spacial score (nSPS) is 3.38. The molecule has 0 aliphatic rings. The Morgan fingerprint density at radius 3 is 0.692 bits per heavy atom. The SMILES string of the molecule is O.O.O.O.O.O.O=C([O-])C(=O)[O-].[Eu+2]. The molecule has 0 bridgehead atoms. The molecule has 0 rings (SSSR count). The molecule has 0 aromatic rings. The van der Waals surface area contributed by atoms with Crippen molar-refractivity contribution in [2.45, 2.75) is 0 Å². The van der Waals surface area contributed by atoms with Crippen LogP contribution in [-0.4, -0.2) is 44.8 Å². The summed E-state index contributed by atoms with van der Waals surface area (Å²) in [4.78, 5) is 17.9. The Morgan fingerprint density at radius 1 is 0.615 bits per heavy atom. The monoisotopic (exact) mass is 349 g/mol. The van der Waals surface area contributed by atoms with Crippen LogP contribution in [0.2, 0.25) is 0 Å². The van der Waals surface area contributed by atoms with Crippen molar-refractivity contribution >= 4 is 11.9 Å². The van der Waals surface area contributed by atoms with Crippen molar-refractivity contribution in [2.24, 2.45) is 0 Å². The van der Waals surface area contributed by atoms with E-state index in [1.807, 2.05) is 0 Å². The Balaban J connectivity index is -0.00000000595. The van der Waals surface area contributed by atoms with E-state index >= 15 is 0 Å². The van der Waals surface area contributed by atoms with Crippen LogP contribution in [0, 0.1) is 49.4 Å². The second-order valence-corrected chi connectivity index (χ2v) is 0.575. The number of rotatable bonds is 0. The molecule has 0 aliphatic heterocycles. The van der Waals surface area contributed by atoms with Gasteiger partial charge in [-0.05, 0) is 0 Å². The maximum atomic E-state index is 8.93. The van der Waals surface area contributed by atoms with Gasteiger partial charge in [-0.1, -0.05) is 0 Å². The molecule has 0 amide bonds. The van der Waals surface area contributed by atoms with Crippen LogP contribution in [0.4, 0.5) is 0 Å². The molecule has 13 heavy (non-hydrogen) atoms. The number of carboxylic acid groups (broad SMARTS) is 2. The van der Waals surface area contributed by atoms with Crippen LogP contribution in [0.3, 0.4) is 0 Å². The second kappa shape index (κ2) is 39.6. The van der Waals surface area contributed by atoms with E-state index in [9.17, 15) is 0 Å². The Hall–Kier alpha value is 0.284. The van der Waals surface area contributed by atoms with Crippen molar-refractivity contribution in [1.29, 1.82) is 0 Å². The van der Waals surface area contributed by atoms with Crippen molar-refractivity contribution in [2.75, 3.05) is 0 Å². The Morgan fingerprint density at radius 2 is 0.692 bits per heavy atom. The minimum absolute atomic E-state index is 0. The third kappa shape index (κ3) is 70.8. The Bertz CT molecular complexity index is 78.9. The summed E-state index contributed by atoms with van der Waals surface area (Å²) in [6.45, 7) is 0. The standard InChI is InChI=1S/C2H2O4.Eu.6H2O/c3-1(4)2(5)6;;;;;;;/h(H,3,4)(H,5,6);;6*1H2/q;+2;;;;;;/p-2. The number of hydrogen-bond acceptors (Lipinski definition) is 4. The van der Waals surface area contributed by atoms with Gasteiger partial charge in [-0.15, -0.1) is 0 Å². The fraction of sp³-hybridized carbons (Fsp3) is 0. The van der Waals surface area contributed by atoms with Crippen LogP contribution in [0.1, 0.15) is 0 Å². The largest absolute Gasteiger partial charge is 2.00 e. The molecule has 10 nitrogen and oxygen atoms in total. The molecule has 0 spiro atoms. The van der Waals surface area contributed by atoms with Gasteiger partial charge in [0, 0.05) is 0 Å². The molecule has 0 fully saturated rings. The van der Waals surface area contributed by atoms with E-state index < -0.39 is 11.9 Å². The van der Waals surface area contributed by atoms with Gasteiger partial charge in [-0.25, -0.2) is 0 Å². The van der Waals surface area contributed by atoms with Crippen LogP contribution in [0.25, 0.3) is 0 Å². The smallest absolute Gasteiger partial charge is 0.543 e. The minimum atomic E-state index is -2.19. The van der Waals surface area contributed by atoms with Crippen LogP contribution in [-0.2, 0) is 9.59 Å². The Labute approximate surface area is 113 Å². The average Bonchev–Trinajstić information content (AvgIpc) is 1.36. The summed E-state index contributed by atoms with van der Waals surface area (Å²) in [6.07, 6.45) is 0. The van der Waals surface area contributed by atoms with E-state index in [0.29, 0.717) is 0 Å². The summed E-state index contributed by atoms with van der Waals surface area (Å²) in [7, 11) is 0. The number of hydrogen-bond donors (Lipinski definition) is 0. The summed E-state index contributed by atoms with van der Waals surface area (Å²) < 4.78 is 0. The maximum Gasteiger partial charge on any atom is 2.00 e. The molecule has 0 saturated heterocycles. The topological polar surface area (TPSA) is 269 Å². The van der Waals surface area contributed by atoms with Crippen molar-refractivity contribution in [1.82, 2.24) is 0 Å². The molecule has 0 unspecified atom stereocenters. The maximum absolute atomic E-state index is 8.93. The van der Waals surface area contributed by atoms with E-state index in [2.05, 4.69) is 0 Å². The molecule has 0 saturated carbocycles. The van der Waals surface area contributed by atoms with Gasteiger partial charge in [0.15, 0.2) is 0 Å². The number of carboxylic acids is 2. The van der Waals surface area contributed by atoms with Gasteiger partial charge in [-0.3, -0.25) is 0 Å². The summed E-state index contributed by atoms with van der Waals surface area (Å²) >= 11 is 0. The first-order valence-corrected chi connectivity index (χ1v) is 1.07. The van der Waals surface area contributed by atoms with Crippen molar-refractivity contribution < 1.29 is 102 Å². The molecule has 12 N–H and O–H groups in total. The van der Waals surface area contributed by atoms with Gasteiger partial charge in [0.05, 0.1) is 11.9 Å². The molecular weight excluding hydrogens is 336 g/mol. The van der Waals surface area contributed by atoms with Crippen molar-refractivity contribution in [3.05, 3.63) is 0 Å². The first-order chi connectivity index (χ1) is 2.64. The average molecular weight is 348 g/mol. The van der Waals surface area contributed by atoms with E-state index in [-0.39, 0.29) is 82.2 Å². The first kappa shape index (κ1) is 71.8. The molecule has 87 valence electrons. The first-order valence-electron chi connectivity index (χ1n) is 1.07. The quantitative estimate of drug-likeness (QED) is 0.385. The van der Waals surface area contributed by atoms with E-state index in [0.717, 1.165) is 0 Å². The molecule has 0 atom stereocenters. The molecule has 0 aromatic carbocycles. The van der Waals surface area contributed by atoms with E-state index in [1.54, 1.807) is 0 Å². The minimum Gasteiger partial charge on any atom is -0.543 e. The summed E-state index contributed by atoms with van der Waals surface area (Å²) in [5, 5.41) is 17.9. The molecule has 0 aromatic heterocycles. The van der Waals surface area contributed by atoms with Gasteiger partial charge in [0.25, 0.3) is 0 Å². The zero-order valence-electron chi connectivity index (χ0n) is 6.01. The van der Waals surface area contributed by atoms with Crippen LogP contribution >= 0.6 is 0 Å². The predicted molar refractivity (Wildman–Crippen MR) is 31.7 cm³/mol. The van der Waals surface area contributed by atoms with Gasteiger partial charge in [0.2, 0.25) is 0 Å². The summed E-state index contributed by atoms with van der Waals surface area (Å²) in [6, 6.07) is 0. The molecule has 0 heterocycles. The van der Waals surface area contributed by atoms with Crippen LogP contribution < -0.4 is 10.2 Å². The van der Waals surface area contributed by atoms with E-state index in [1.165, 1.54) is 0 Å². The van der Waals surface area contributed by atoms with Crippen molar-refractivity contribution in [3.63, 3.8) is 0 Å². The van der Waals surface area contributed by atoms with E-state index in [4.69, 9.17) is 19.8 Å². The van der Waals surface area contributed by atoms with Gasteiger partial charge >= 0.3 is 49.4 Å². The summed E-state index contributed by atoms with van der Waals surface area (Å²) in [5.74, 6) is -4.37. The van der Waals surface area contributed by atoms with Crippen LogP contribution in [0.5, 0.6) is 0 Å². The fourth-order valence-corrected chi connectivity index (χ4v) is 0. The third-order valence-electron chi connectivity index (χ3n) is 0.167. The van der Waals surface area contributed by atoms with Gasteiger partial charge < -0.3 is 52.7 Å². The Kier molecular flexibility index (Phi) is 219. The molecule has 1 radical (unpaired) electrons. The zero-order valence-corrected chi connectivity index (χ0v) is 8.44. The summed E-state index contributed by atoms with van der Waals surface area (Å²) in [5.41, 5.74) is 0. The molecular formula is C2H12EuO10. The predicted octanol–water partition coefficient (Wildman–Crippen LogP) is -8.46. The zero-order chi connectivity index (χ0) is 5.15. The van der Waals surface area contributed by atoms with Gasteiger partial charge in [0.1, 0.15) is 0 Å². The fourth-order valence-electron chi connectivity index (χ4n) is 0. The van der Waals surface area contributed by atoms with Crippen LogP contribution in [0.15, 0.2) is 0 Å². The number of carbonyl (C=O) groups is 2. The molecule has 0 aliphatic carbocycles. The van der Waals surface area contributed by atoms with Gasteiger partial charge in [-0.2, -0.15) is 0 Å².